The Bertz CT molecular complexity index is 332. The van der Waals surface area contributed by atoms with Gasteiger partial charge < -0.3 is 25.7 Å². The Labute approximate surface area is 111 Å². The Kier molecular flexibility index (Phi) is 7.50. The molecule has 2 atom stereocenters. The highest BCUT2D eigenvalue weighted by molar-refractivity contribution is 5.83. The number of aliphatic carboxylic acids is 2. The Balaban J connectivity index is 4.17. The van der Waals surface area contributed by atoms with Crippen LogP contribution in [0.3, 0.4) is 0 Å². The van der Waals surface area contributed by atoms with Gasteiger partial charge in [0.05, 0.1) is 0 Å². The summed E-state index contributed by atoms with van der Waals surface area (Å²) < 4.78 is 0. The van der Waals surface area contributed by atoms with E-state index in [4.69, 9.17) is 10.2 Å². The maximum absolute atomic E-state index is 11.5. The van der Waals surface area contributed by atoms with Crippen LogP contribution < -0.4 is 10.6 Å². The van der Waals surface area contributed by atoms with Crippen molar-refractivity contribution in [3.63, 3.8) is 0 Å². The van der Waals surface area contributed by atoms with E-state index >= 15 is 0 Å². The molecule has 2 unspecified atom stereocenters. The third-order valence-corrected chi connectivity index (χ3v) is 2.69. The van der Waals surface area contributed by atoms with Crippen molar-refractivity contribution < 1.29 is 24.6 Å². The second-order valence-electron chi connectivity index (χ2n) is 4.49. The minimum atomic E-state index is -1.25. The Morgan fingerprint density at radius 1 is 1.21 bits per heavy atom. The number of carbonyl (C=O) groups excluding carboxylic acids is 1. The molecule has 0 fully saturated rings. The van der Waals surface area contributed by atoms with E-state index in [0.29, 0.717) is 6.54 Å². The van der Waals surface area contributed by atoms with Crippen LogP contribution in [-0.2, 0) is 9.59 Å². The summed E-state index contributed by atoms with van der Waals surface area (Å²) in [6, 6.07) is -1.72. The minimum Gasteiger partial charge on any atom is -0.481 e. The maximum atomic E-state index is 11.5. The van der Waals surface area contributed by atoms with Gasteiger partial charge in [0.2, 0.25) is 0 Å². The molecular weight excluding hydrogens is 254 g/mol. The molecule has 8 nitrogen and oxygen atoms in total. The summed E-state index contributed by atoms with van der Waals surface area (Å²) in [6.45, 7) is 2.27. The van der Waals surface area contributed by atoms with E-state index in [2.05, 4.69) is 10.6 Å². The molecule has 0 aliphatic rings. The van der Waals surface area contributed by atoms with Gasteiger partial charge in [-0.3, -0.25) is 4.79 Å². The SMILES string of the molecule is CC(CNC(=O)NC(CCC(=O)O)C(=O)O)N(C)C. The number of carboxylic acids is 2. The molecule has 4 N–H and O–H groups in total. The fraction of sp³-hybridized carbons (Fsp3) is 0.727. The normalized spacial score (nSPS) is 13.7. The van der Waals surface area contributed by atoms with E-state index in [9.17, 15) is 14.4 Å². The fourth-order valence-corrected chi connectivity index (χ4v) is 1.16. The minimum absolute atomic E-state index is 0.105. The molecule has 2 amide bonds. The predicted molar refractivity (Wildman–Crippen MR) is 68.0 cm³/mol. The van der Waals surface area contributed by atoms with Gasteiger partial charge in [-0.2, -0.15) is 0 Å². The number of hydrogen-bond donors (Lipinski definition) is 4. The summed E-state index contributed by atoms with van der Waals surface area (Å²) in [6.07, 6.45) is -0.466. The number of hydrogen-bond acceptors (Lipinski definition) is 4. The molecule has 0 bridgehead atoms. The lowest BCUT2D eigenvalue weighted by Gasteiger charge is -2.21. The molecule has 0 saturated carbocycles. The van der Waals surface area contributed by atoms with Gasteiger partial charge in [0.1, 0.15) is 6.04 Å². The second kappa shape index (κ2) is 8.30. The fourth-order valence-electron chi connectivity index (χ4n) is 1.16. The van der Waals surface area contributed by atoms with Crippen LogP contribution >= 0.6 is 0 Å². The van der Waals surface area contributed by atoms with Gasteiger partial charge in [-0.25, -0.2) is 9.59 Å². The quantitative estimate of drug-likeness (QED) is 0.476. The van der Waals surface area contributed by atoms with Crippen molar-refractivity contribution in [2.75, 3.05) is 20.6 Å². The van der Waals surface area contributed by atoms with E-state index in [1.165, 1.54) is 0 Å². The van der Waals surface area contributed by atoms with Crippen LogP contribution in [0.25, 0.3) is 0 Å². The molecule has 110 valence electrons. The molecule has 0 aromatic heterocycles. The molecule has 19 heavy (non-hydrogen) atoms. The molecule has 0 aliphatic heterocycles. The highest BCUT2D eigenvalue weighted by Gasteiger charge is 2.21. The van der Waals surface area contributed by atoms with Gasteiger partial charge in [-0.1, -0.05) is 0 Å². The van der Waals surface area contributed by atoms with Crippen LogP contribution in [0.4, 0.5) is 4.79 Å². The number of likely N-dealkylation sites (N-methyl/N-ethyl adjacent to an activating group) is 1. The largest absolute Gasteiger partial charge is 0.481 e. The molecule has 0 aromatic rings. The number of carbonyl (C=O) groups is 3. The highest BCUT2D eigenvalue weighted by Crippen LogP contribution is 1.98. The average molecular weight is 275 g/mol. The zero-order chi connectivity index (χ0) is 15.0. The number of rotatable bonds is 8. The molecule has 0 aliphatic carbocycles. The number of nitrogens with one attached hydrogen (secondary N) is 2. The van der Waals surface area contributed by atoms with Crippen molar-refractivity contribution in [1.29, 1.82) is 0 Å². The number of carboxylic acid groups (broad SMARTS) is 2. The summed E-state index contributed by atoms with van der Waals surface area (Å²) in [7, 11) is 3.72. The van der Waals surface area contributed by atoms with E-state index in [0.717, 1.165) is 0 Å². The lowest BCUT2D eigenvalue weighted by atomic mass is 10.1. The molecule has 0 rings (SSSR count). The van der Waals surface area contributed by atoms with Crippen LogP contribution in [0, 0.1) is 0 Å². The number of nitrogens with zero attached hydrogens (tertiary/aromatic N) is 1. The standard InChI is InChI=1S/C11H21N3O5/c1-7(14(2)3)6-12-11(19)13-8(10(17)18)4-5-9(15)16/h7-8H,4-6H2,1-3H3,(H,15,16)(H,17,18)(H2,12,13,19). The smallest absolute Gasteiger partial charge is 0.326 e. The monoisotopic (exact) mass is 275 g/mol. The predicted octanol–water partition coefficient (Wildman–Crippen LogP) is -0.446. The lowest BCUT2D eigenvalue weighted by molar-refractivity contribution is -0.140. The zero-order valence-corrected chi connectivity index (χ0v) is 11.3. The molecule has 0 heterocycles. The third kappa shape index (κ3) is 7.98. The van der Waals surface area contributed by atoms with Gasteiger partial charge >= 0.3 is 18.0 Å². The lowest BCUT2D eigenvalue weighted by Crippen LogP contribution is -2.48. The van der Waals surface area contributed by atoms with E-state index in [-0.39, 0.29) is 18.9 Å². The van der Waals surface area contributed by atoms with Crippen molar-refractivity contribution in [3.8, 4) is 0 Å². The molecule has 0 radical (unpaired) electrons. The van der Waals surface area contributed by atoms with Crippen LogP contribution in [0.5, 0.6) is 0 Å². The first-order valence-electron chi connectivity index (χ1n) is 5.89. The van der Waals surface area contributed by atoms with Crippen molar-refractivity contribution in [1.82, 2.24) is 15.5 Å². The topological polar surface area (TPSA) is 119 Å². The summed E-state index contributed by atoms with van der Waals surface area (Å²) >= 11 is 0. The van der Waals surface area contributed by atoms with Crippen LogP contribution in [0.15, 0.2) is 0 Å². The van der Waals surface area contributed by atoms with Gasteiger partial charge in [-0.05, 0) is 27.4 Å². The van der Waals surface area contributed by atoms with Crippen LogP contribution in [0.2, 0.25) is 0 Å². The van der Waals surface area contributed by atoms with E-state index < -0.39 is 24.0 Å². The third-order valence-electron chi connectivity index (χ3n) is 2.69. The molecular formula is C11H21N3O5. The first kappa shape index (κ1) is 17.2. The zero-order valence-electron chi connectivity index (χ0n) is 11.3. The molecule has 0 aromatic carbocycles. The van der Waals surface area contributed by atoms with Gasteiger partial charge in [0, 0.05) is 19.0 Å². The van der Waals surface area contributed by atoms with Crippen LogP contribution in [0.1, 0.15) is 19.8 Å². The summed E-state index contributed by atoms with van der Waals surface area (Å²) in [4.78, 5) is 34.6. The Morgan fingerprint density at radius 2 is 1.79 bits per heavy atom. The molecule has 0 spiro atoms. The van der Waals surface area contributed by atoms with Crippen molar-refractivity contribution >= 4 is 18.0 Å². The first-order chi connectivity index (χ1) is 8.73. The summed E-state index contributed by atoms with van der Waals surface area (Å²) in [5, 5.41) is 22.1. The maximum Gasteiger partial charge on any atom is 0.326 e. The van der Waals surface area contributed by atoms with Crippen LogP contribution in [-0.4, -0.2) is 65.8 Å². The van der Waals surface area contributed by atoms with Crippen molar-refractivity contribution in [2.45, 2.75) is 31.8 Å². The van der Waals surface area contributed by atoms with Crippen molar-refractivity contribution in [3.05, 3.63) is 0 Å². The first-order valence-corrected chi connectivity index (χ1v) is 5.89. The second-order valence-corrected chi connectivity index (χ2v) is 4.49. The van der Waals surface area contributed by atoms with Crippen molar-refractivity contribution in [2.24, 2.45) is 0 Å². The summed E-state index contributed by atoms with van der Waals surface area (Å²) in [5.41, 5.74) is 0. The highest BCUT2D eigenvalue weighted by atomic mass is 16.4. The Hall–Kier alpha value is -1.83. The summed E-state index contributed by atoms with van der Waals surface area (Å²) in [5.74, 6) is -2.35. The van der Waals surface area contributed by atoms with Gasteiger partial charge in [0.25, 0.3) is 0 Å². The van der Waals surface area contributed by atoms with E-state index in [1.807, 2.05) is 25.9 Å². The van der Waals surface area contributed by atoms with Gasteiger partial charge in [-0.15, -0.1) is 0 Å². The number of urea groups is 1. The molecule has 0 saturated heterocycles. The van der Waals surface area contributed by atoms with E-state index in [1.54, 1.807) is 0 Å². The number of amides is 2. The average Bonchev–Trinajstić information content (AvgIpc) is 2.30. The Morgan fingerprint density at radius 3 is 2.21 bits per heavy atom. The van der Waals surface area contributed by atoms with Gasteiger partial charge in [0.15, 0.2) is 0 Å². The molecule has 8 heteroatoms.